The lowest BCUT2D eigenvalue weighted by Crippen LogP contribution is -2.00. The predicted octanol–water partition coefficient (Wildman–Crippen LogP) is 4.77. The van der Waals surface area contributed by atoms with Crippen LogP contribution in [-0.2, 0) is 0 Å². The second-order valence-corrected chi connectivity index (χ2v) is 5.76. The molecule has 5 heteroatoms. The minimum Gasteiger partial charge on any atom is -0.478 e. The quantitative estimate of drug-likeness (QED) is 0.733. The van der Waals surface area contributed by atoms with Crippen molar-refractivity contribution in [2.45, 2.75) is 6.92 Å². The molecule has 0 atom stereocenters. The number of nitrogens with zero attached hydrogens (tertiary/aromatic N) is 1. The minimum atomic E-state index is -0.978. The van der Waals surface area contributed by atoms with Crippen LogP contribution in [0.4, 0.5) is 0 Å². The lowest BCUT2D eigenvalue weighted by molar-refractivity contribution is 0.0699. The number of aromatic nitrogens is 1. The fraction of sp³-hybridized carbons (Fsp3) is 0.0588. The molecule has 2 heterocycles. The van der Waals surface area contributed by atoms with E-state index in [4.69, 9.17) is 4.42 Å². The number of hydrogen-bond donors (Lipinski definition) is 1. The van der Waals surface area contributed by atoms with E-state index in [2.05, 4.69) is 20.9 Å². The maximum atomic E-state index is 11.5. The Morgan fingerprint density at radius 3 is 2.73 bits per heavy atom. The van der Waals surface area contributed by atoms with Crippen molar-refractivity contribution in [2.75, 3.05) is 0 Å². The number of aryl methyl sites for hydroxylation is 1. The molecule has 0 saturated carbocycles. The Bertz CT molecular complexity index is 896. The first-order chi connectivity index (χ1) is 10.5. The van der Waals surface area contributed by atoms with Crippen LogP contribution < -0.4 is 0 Å². The monoisotopic (exact) mass is 357 g/mol. The zero-order chi connectivity index (χ0) is 15.7. The third kappa shape index (κ3) is 2.94. The largest absolute Gasteiger partial charge is 0.478 e. The first-order valence-electron chi connectivity index (χ1n) is 6.61. The van der Waals surface area contributed by atoms with Gasteiger partial charge in [0.05, 0.1) is 16.8 Å². The molecule has 0 amide bonds. The molecule has 22 heavy (non-hydrogen) atoms. The van der Waals surface area contributed by atoms with Gasteiger partial charge in [-0.1, -0.05) is 15.9 Å². The maximum Gasteiger partial charge on any atom is 0.336 e. The fourth-order valence-electron chi connectivity index (χ4n) is 2.19. The number of hydrogen-bond acceptors (Lipinski definition) is 3. The number of pyridine rings is 1. The van der Waals surface area contributed by atoms with Gasteiger partial charge in [-0.3, -0.25) is 0 Å². The first-order valence-corrected chi connectivity index (χ1v) is 7.40. The van der Waals surface area contributed by atoms with Crippen molar-refractivity contribution in [3.05, 3.63) is 63.6 Å². The molecule has 0 bridgehead atoms. The molecule has 0 unspecified atom stereocenters. The van der Waals surface area contributed by atoms with E-state index in [-0.39, 0.29) is 5.56 Å². The molecule has 0 saturated heterocycles. The lowest BCUT2D eigenvalue weighted by Gasteiger charge is -2.05. The van der Waals surface area contributed by atoms with Crippen LogP contribution in [0, 0.1) is 6.92 Å². The summed E-state index contributed by atoms with van der Waals surface area (Å²) < 4.78 is 6.27. The van der Waals surface area contributed by atoms with Gasteiger partial charge in [-0.25, -0.2) is 9.78 Å². The molecule has 0 fully saturated rings. The van der Waals surface area contributed by atoms with Crippen LogP contribution in [0.1, 0.15) is 27.6 Å². The molecule has 0 radical (unpaired) electrons. The van der Waals surface area contributed by atoms with E-state index in [9.17, 15) is 9.90 Å². The molecule has 0 aliphatic heterocycles. The van der Waals surface area contributed by atoms with E-state index < -0.39 is 5.97 Å². The topological polar surface area (TPSA) is 63.3 Å². The number of halogens is 1. The van der Waals surface area contributed by atoms with Gasteiger partial charge in [0.2, 0.25) is 0 Å². The van der Waals surface area contributed by atoms with Gasteiger partial charge in [0.15, 0.2) is 0 Å². The van der Waals surface area contributed by atoms with Crippen molar-refractivity contribution in [3.8, 4) is 0 Å². The molecule has 4 nitrogen and oxygen atoms in total. The Labute approximate surface area is 135 Å². The SMILES string of the molecule is Cc1ccc(C=Cc2cc(C(=O)O)c3cc(Br)ccc3n2)o1. The standard InChI is InChI=1S/C17H12BrNO3/c1-10-2-5-13(22-10)6-4-12-9-15(17(20)21)14-8-11(18)3-7-16(14)19-12/h2-9H,1H3,(H,20,21). The fourth-order valence-corrected chi connectivity index (χ4v) is 2.55. The van der Waals surface area contributed by atoms with Gasteiger partial charge in [-0.2, -0.15) is 0 Å². The Morgan fingerprint density at radius 2 is 2.05 bits per heavy atom. The highest BCUT2D eigenvalue weighted by atomic mass is 79.9. The summed E-state index contributed by atoms with van der Waals surface area (Å²) in [7, 11) is 0. The van der Waals surface area contributed by atoms with E-state index in [0.29, 0.717) is 22.4 Å². The summed E-state index contributed by atoms with van der Waals surface area (Å²) in [6, 6.07) is 10.7. The second kappa shape index (κ2) is 5.77. The van der Waals surface area contributed by atoms with E-state index in [1.807, 2.05) is 25.1 Å². The number of carboxylic acids is 1. The zero-order valence-electron chi connectivity index (χ0n) is 11.7. The number of carbonyl (C=O) groups is 1. The molecule has 1 N–H and O–H groups in total. The van der Waals surface area contributed by atoms with Gasteiger partial charge in [-0.05, 0) is 55.5 Å². The number of rotatable bonds is 3. The van der Waals surface area contributed by atoms with Crippen molar-refractivity contribution in [3.63, 3.8) is 0 Å². The van der Waals surface area contributed by atoms with Crippen LogP contribution >= 0.6 is 15.9 Å². The second-order valence-electron chi connectivity index (χ2n) is 4.84. The van der Waals surface area contributed by atoms with Crippen molar-refractivity contribution in [2.24, 2.45) is 0 Å². The summed E-state index contributed by atoms with van der Waals surface area (Å²) >= 11 is 3.35. The first kappa shape index (κ1) is 14.5. The summed E-state index contributed by atoms with van der Waals surface area (Å²) in [6.45, 7) is 1.87. The van der Waals surface area contributed by atoms with Crippen molar-refractivity contribution >= 4 is 45.0 Å². The van der Waals surface area contributed by atoms with Crippen LogP contribution in [0.3, 0.4) is 0 Å². The lowest BCUT2D eigenvalue weighted by atomic mass is 10.1. The van der Waals surface area contributed by atoms with Crippen LogP contribution in [0.2, 0.25) is 0 Å². The molecule has 2 aromatic heterocycles. The Hall–Kier alpha value is -2.40. The smallest absolute Gasteiger partial charge is 0.336 e. The summed E-state index contributed by atoms with van der Waals surface area (Å²) in [5.74, 6) is 0.545. The van der Waals surface area contributed by atoms with Gasteiger partial charge in [0.25, 0.3) is 0 Å². The molecular formula is C17H12BrNO3. The summed E-state index contributed by atoms with van der Waals surface area (Å²) in [5.41, 5.74) is 1.43. The van der Waals surface area contributed by atoms with Gasteiger partial charge in [0.1, 0.15) is 11.5 Å². The number of benzene rings is 1. The minimum absolute atomic E-state index is 0.224. The highest BCUT2D eigenvalue weighted by molar-refractivity contribution is 9.10. The molecule has 0 aliphatic rings. The Morgan fingerprint density at radius 1 is 1.23 bits per heavy atom. The highest BCUT2D eigenvalue weighted by Crippen LogP contribution is 2.24. The van der Waals surface area contributed by atoms with E-state index in [0.717, 1.165) is 10.2 Å². The van der Waals surface area contributed by atoms with Gasteiger partial charge in [-0.15, -0.1) is 0 Å². The zero-order valence-corrected chi connectivity index (χ0v) is 13.3. The third-order valence-corrected chi connectivity index (χ3v) is 3.69. The molecule has 1 aromatic carbocycles. The molecule has 0 aliphatic carbocycles. The van der Waals surface area contributed by atoms with Gasteiger partial charge < -0.3 is 9.52 Å². The number of aromatic carboxylic acids is 1. The Balaban J connectivity index is 2.09. The van der Waals surface area contributed by atoms with Crippen molar-refractivity contribution < 1.29 is 14.3 Å². The predicted molar refractivity (Wildman–Crippen MR) is 88.8 cm³/mol. The molecule has 110 valence electrons. The van der Waals surface area contributed by atoms with Crippen LogP contribution in [0.25, 0.3) is 23.1 Å². The van der Waals surface area contributed by atoms with E-state index in [1.165, 1.54) is 0 Å². The summed E-state index contributed by atoms with van der Waals surface area (Å²) in [5, 5.41) is 10.0. The van der Waals surface area contributed by atoms with Crippen LogP contribution in [0.5, 0.6) is 0 Å². The van der Waals surface area contributed by atoms with Crippen molar-refractivity contribution in [1.82, 2.24) is 4.98 Å². The molecule has 3 aromatic rings. The number of fused-ring (bicyclic) bond motifs is 1. The van der Waals surface area contributed by atoms with Crippen LogP contribution in [-0.4, -0.2) is 16.1 Å². The van der Waals surface area contributed by atoms with Crippen molar-refractivity contribution in [1.29, 1.82) is 0 Å². The van der Waals surface area contributed by atoms with Crippen LogP contribution in [0.15, 0.2) is 45.3 Å². The maximum absolute atomic E-state index is 11.5. The van der Waals surface area contributed by atoms with Gasteiger partial charge in [0, 0.05) is 9.86 Å². The van der Waals surface area contributed by atoms with Gasteiger partial charge >= 0.3 is 5.97 Å². The number of furan rings is 1. The average Bonchev–Trinajstić information content (AvgIpc) is 2.90. The normalized spacial score (nSPS) is 11.4. The Kier molecular flexibility index (Phi) is 3.81. The molecule has 3 rings (SSSR count). The molecular weight excluding hydrogens is 346 g/mol. The summed E-state index contributed by atoms with van der Waals surface area (Å²) in [6.07, 6.45) is 3.51. The third-order valence-electron chi connectivity index (χ3n) is 3.20. The average molecular weight is 358 g/mol. The highest BCUT2D eigenvalue weighted by Gasteiger charge is 2.11. The molecule has 0 spiro atoms. The van der Waals surface area contributed by atoms with E-state index >= 15 is 0 Å². The summed E-state index contributed by atoms with van der Waals surface area (Å²) in [4.78, 5) is 15.9. The van der Waals surface area contributed by atoms with E-state index in [1.54, 1.807) is 30.4 Å². The number of carboxylic acid groups (broad SMARTS) is 1.